The number of rotatable bonds is 19. The molecule has 0 aliphatic heterocycles. The van der Waals surface area contributed by atoms with Gasteiger partial charge in [-0.1, -0.05) is 178 Å². The van der Waals surface area contributed by atoms with Crippen LogP contribution in [0.3, 0.4) is 0 Å². The van der Waals surface area contributed by atoms with Gasteiger partial charge in [0.05, 0.1) is 0 Å². The van der Waals surface area contributed by atoms with Gasteiger partial charge in [-0.3, -0.25) is 0 Å². The lowest BCUT2D eigenvalue weighted by molar-refractivity contribution is 0.795. The van der Waals surface area contributed by atoms with Crippen molar-refractivity contribution >= 4 is 62.4 Å². The van der Waals surface area contributed by atoms with Crippen molar-refractivity contribution in [1.82, 2.24) is 0 Å². The van der Waals surface area contributed by atoms with Crippen LogP contribution < -0.4 is 20.0 Å². The van der Waals surface area contributed by atoms with Crippen molar-refractivity contribution in [2.45, 2.75) is 65.2 Å². The Balaban J connectivity index is 0.786. The number of nitrogens with one attached hydrogen (secondary N) is 1. The second kappa shape index (κ2) is 25.2. The smallest absolute Gasteiger partial charge is 0.0462 e. The normalized spacial score (nSPS) is 12.8. The molecule has 0 saturated heterocycles. The van der Waals surface area contributed by atoms with Crippen LogP contribution in [0.4, 0.5) is 56.9 Å². The van der Waals surface area contributed by atoms with Gasteiger partial charge < -0.3 is 20.0 Å². The molecule has 4 nitrogen and oxygen atoms in total. The lowest BCUT2D eigenvalue weighted by atomic mass is 9.99. The van der Waals surface area contributed by atoms with Gasteiger partial charge >= 0.3 is 0 Å². The van der Waals surface area contributed by atoms with Crippen molar-refractivity contribution < 1.29 is 0 Å². The second-order valence-electron chi connectivity index (χ2n) is 21.4. The van der Waals surface area contributed by atoms with E-state index in [2.05, 4.69) is 319 Å². The summed E-state index contributed by atoms with van der Waals surface area (Å²) in [6, 6.07) is 91.5. The van der Waals surface area contributed by atoms with Gasteiger partial charge in [0.1, 0.15) is 0 Å². The molecule has 12 rings (SSSR count). The standard InChI is InChI=1S/C78H70N4/c1-3-5-15-59-24-44-72(45-25-59)82(77-50-30-63(31-51-77)61-26-40-69(41-27-61)79-68-18-11-7-12-19-68)78-56-38-67(39-57-78)66-36-54-76(55-37-66)81(71-42-22-58(4-2)23-43-71)75-52-34-65(35-53-75)64-32-48-74(49-33-64)80(70-20-13-8-14-21-70)73-46-28-62(29-47-73)60-16-9-6-10-17-60/h8-9,11,13-14,16-57,79H,3-7,10,12,15H2,1-2H3. The molecule has 1 N–H and O–H groups in total. The number of unbranched alkanes of at least 4 members (excludes halogenated alkanes) is 1. The highest BCUT2D eigenvalue weighted by Gasteiger charge is 2.18. The average molecular weight is 1060 g/mol. The van der Waals surface area contributed by atoms with Crippen LogP contribution in [0.1, 0.15) is 69.1 Å². The van der Waals surface area contributed by atoms with Gasteiger partial charge in [-0.05, 0) is 228 Å². The van der Waals surface area contributed by atoms with E-state index in [9.17, 15) is 0 Å². The summed E-state index contributed by atoms with van der Waals surface area (Å²) in [5.41, 5.74) is 24.6. The Morgan fingerprint density at radius 2 is 0.659 bits per heavy atom. The molecule has 0 fully saturated rings. The number of allylic oxidation sites excluding steroid dienone is 7. The number of nitrogens with zero attached hydrogens (tertiary/aromatic N) is 3. The van der Waals surface area contributed by atoms with E-state index in [1.54, 1.807) is 0 Å². The fourth-order valence-electron chi connectivity index (χ4n) is 11.3. The van der Waals surface area contributed by atoms with Gasteiger partial charge in [-0.2, -0.15) is 0 Å². The molecule has 10 aromatic carbocycles. The molecule has 0 aromatic heterocycles. The van der Waals surface area contributed by atoms with Gasteiger partial charge in [-0.15, -0.1) is 0 Å². The summed E-state index contributed by atoms with van der Waals surface area (Å²) in [6.07, 6.45) is 22.4. The van der Waals surface area contributed by atoms with Gasteiger partial charge in [0.15, 0.2) is 0 Å². The maximum Gasteiger partial charge on any atom is 0.0462 e. The van der Waals surface area contributed by atoms with E-state index in [1.165, 1.54) is 62.9 Å². The van der Waals surface area contributed by atoms with Crippen molar-refractivity contribution in [3.63, 3.8) is 0 Å². The molecule has 0 bridgehead atoms. The molecular formula is C78H70N4. The highest BCUT2D eigenvalue weighted by Crippen LogP contribution is 2.41. The highest BCUT2D eigenvalue weighted by molar-refractivity contribution is 5.85. The monoisotopic (exact) mass is 1060 g/mol. The lowest BCUT2D eigenvalue weighted by Crippen LogP contribution is -2.10. The van der Waals surface area contributed by atoms with E-state index in [4.69, 9.17) is 0 Å². The number of hydrogen-bond donors (Lipinski definition) is 1. The first-order chi connectivity index (χ1) is 40.5. The predicted octanol–water partition coefficient (Wildman–Crippen LogP) is 22.4. The first-order valence-electron chi connectivity index (χ1n) is 29.4. The molecule has 4 heteroatoms. The summed E-state index contributed by atoms with van der Waals surface area (Å²) in [4.78, 5) is 7.07. The van der Waals surface area contributed by atoms with Crippen molar-refractivity contribution in [3.05, 3.63) is 308 Å². The summed E-state index contributed by atoms with van der Waals surface area (Å²) < 4.78 is 0. The van der Waals surface area contributed by atoms with Gasteiger partial charge in [0, 0.05) is 62.6 Å². The van der Waals surface area contributed by atoms with E-state index < -0.39 is 0 Å². The Morgan fingerprint density at radius 3 is 1.01 bits per heavy atom. The minimum atomic E-state index is 0.993. The zero-order chi connectivity index (χ0) is 55.5. The Bertz CT molecular complexity index is 3820. The third-order valence-electron chi connectivity index (χ3n) is 15.9. The maximum absolute atomic E-state index is 3.56. The van der Waals surface area contributed by atoms with Crippen molar-refractivity contribution in [3.8, 4) is 33.4 Å². The van der Waals surface area contributed by atoms with Crippen LogP contribution in [0.25, 0.3) is 39.0 Å². The fourth-order valence-corrected chi connectivity index (χ4v) is 11.3. The van der Waals surface area contributed by atoms with Crippen LogP contribution in [0.15, 0.2) is 291 Å². The largest absolute Gasteiger partial charge is 0.356 e. The molecule has 0 atom stereocenters. The molecule has 0 amide bonds. The molecule has 82 heavy (non-hydrogen) atoms. The summed E-state index contributed by atoms with van der Waals surface area (Å²) in [5.74, 6) is 0. The average Bonchev–Trinajstić information content (AvgIpc) is 3.59. The number of aryl methyl sites for hydroxylation is 2. The van der Waals surface area contributed by atoms with Crippen LogP contribution >= 0.6 is 0 Å². The molecule has 402 valence electrons. The second-order valence-corrected chi connectivity index (χ2v) is 21.4. The molecule has 10 aromatic rings. The van der Waals surface area contributed by atoms with Crippen LogP contribution in [0, 0.1) is 0 Å². The highest BCUT2D eigenvalue weighted by atomic mass is 15.2. The Hall–Kier alpha value is -9.64. The third kappa shape index (κ3) is 12.2. The summed E-state index contributed by atoms with van der Waals surface area (Å²) in [6.45, 7) is 4.47. The van der Waals surface area contributed by atoms with E-state index in [-0.39, 0.29) is 0 Å². The minimum Gasteiger partial charge on any atom is -0.356 e. The molecular weight excluding hydrogens is 993 g/mol. The third-order valence-corrected chi connectivity index (χ3v) is 15.9. The predicted molar refractivity (Wildman–Crippen MR) is 351 cm³/mol. The quantitative estimate of drug-likeness (QED) is 0.0871. The summed E-state index contributed by atoms with van der Waals surface area (Å²) in [5, 5.41) is 3.56. The van der Waals surface area contributed by atoms with Crippen molar-refractivity contribution in [2.24, 2.45) is 0 Å². The molecule has 0 heterocycles. The van der Waals surface area contributed by atoms with Crippen LogP contribution in [-0.4, -0.2) is 0 Å². The summed E-state index contributed by atoms with van der Waals surface area (Å²) in [7, 11) is 0. The topological polar surface area (TPSA) is 21.8 Å². The molecule has 0 saturated carbocycles. The van der Waals surface area contributed by atoms with Gasteiger partial charge in [-0.25, -0.2) is 0 Å². The van der Waals surface area contributed by atoms with E-state index in [0.29, 0.717) is 0 Å². The molecule has 0 spiro atoms. The summed E-state index contributed by atoms with van der Waals surface area (Å²) >= 11 is 0. The number of anilines is 10. The first-order valence-corrected chi connectivity index (χ1v) is 29.4. The molecule has 2 aliphatic rings. The first kappa shape index (κ1) is 53.0. The van der Waals surface area contributed by atoms with Crippen LogP contribution in [-0.2, 0) is 12.8 Å². The zero-order valence-electron chi connectivity index (χ0n) is 47.1. The van der Waals surface area contributed by atoms with Crippen molar-refractivity contribution in [2.75, 3.05) is 20.0 Å². The van der Waals surface area contributed by atoms with Crippen molar-refractivity contribution in [1.29, 1.82) is 0 Å². The molecule has 0 unspecified atom stereocenters. The molecule has 0 radical (unpaired) electrons. The Labute approximate surface area is 486 Å². The Kier molecular flexibility index (Phi) is 16.3. The van der Waals surface area contributed by atoms with Gasteiger partial charge in [0.25, 0.3) is 0 Å². The van der Waals surface area contributed by atoms with E-state index in [1.807, 2.05) is 0 Å². The SMILES string of the molecule is CCCCc1ccc(N(c2ccc(-c3ccc(NC4=CCCC=C4)cc3)cc2)c2ccc(-c3ccc(N(c4ccc(CC)cc4)c4ccc(-c5ccc(N(c6ccccc6)c6ccc(C7=CCCC=C7)cc6)cc5)cc4)cc3)cc2)cc1. The van der Waals surface area contributed by atoms with Crippen LogP contribution in [0.5, 0.6) is 0 Å². The van der Waals surface area contributed by atoms with E-state index in [0.717, 1.165) is 107 Å². The minimum absolute atomic E-state index is 0.993. The number of hydrogen-bond acceptors (Lipinski definition) is 4. The van der Waals surface area contributed by atoms with Crippen LogP contribution in [0.2, 0.25) is 0 Å². The van der Waals surface area contributed by atoms with E-state index >= 15 is 0 Å². The fraction of sp³-hybridized carbons (Fsp3) is 0.128. The zero-order valence-corrected chi connectivity index (χ0v) is 47.1. The Morgan fingerprint density at radius 1 is 0.317 bits per heavy atom. The maximum atomic E-state index is 3.56. The number of para-hydroxylation sites is 1. The van der Waals surface area contributed by atoms with Gasteiger partial charge in [0.2, 0.25) is 0 Å². The molecule has 2 aliphatic carbocycles. The number of benzene rings is 10. The lowest BCUT2D eigenvalue weighted by Gasteiger charge is -2.27.